The molecule has 0 heterocycles. The quantitative estimate of drug-likeness (QED) is 0.0778. The molecule has 0 radical (unpaired) electrons. The highest BCUT2D eigenvalue weighted by molar-refractivity contribution is 7.91. The molecule has 0 unspecified atom stereocenters. The summed E-state index contributed by atoms with van der Waals surface area (Å²) in [7, 11) is -16.0. The number of aryl methyl sites for hydroxylation is 1. The second-order valence-electron chi connectivity index (χ2n) is 10.4. The molecule has 0 saturated heterocycles. The van der Waals surface area contributed by atoms with Gasteiger partial charge in [-0.3, -0.25) is 9.11 Å². The molecule has 50 heavy (non-hydrogen) atoms. The van der Waals surface area contributed by atoms with Crippen LogP contribution in [0, 0.1) is 6.92 Å². The van der Waals surface area contributed by atoms with E-state index >= 15 is 0 Å². The van der Waals surface area contributed by atoms with Gasteiger partial charge < -0.3 is 15.6 Å². The van der Waals surface area contributed by atoms with Crippen LogP contribution in [0.3, 0.4) is 0 Å². The molecule has 0 bridgehead atoms. The maximum atomic E-state index is 12.4. The number of rotatable bonds is 14. The van der Waals surface area contributed by atoms with Crippen molar-refractivity contribution in [1.82, 2.24) is 0 Å². The van der Waals surface area contributed by atoms with E-state index in [9.17, 15) is 43.3 Å². The Kier molecular flexibility index (Phi) is 11.4. The van der Waals surface area contributed by atoms with Gasteiger partial charge in [-0.25, -0.2) is 21.0 Å². The number of nitrogen functional groups attached to an aromatic ring is 1. The zero-order chi connectivity index (χ0) is 37.1. The number of ether oxygens (including phenoxy) is 1. The van der Waals surface area contributed by atoms with Gasteiger partial charge >= 0.3 is 10.4 Å². The van der Waals surface area contributed by atoms with Crippen LogP contribution in [0.2, 0.25) is 0 Å². The van der Waals surface area contributed by atoms with E-state index in [2.05, 4.69) is 24.6 Å². The number of phenols is 1. The monoisotopic (exact) mass is 771 g/mol. The summed E-state index contributed by atoms with van der Waals surface area (Å²) in [4.78, 5) is -0.963. The largest absolute Gasteiger partial charge is 0.505 e. The molecule has 5 N–H and O–H groups in total. The molecule has 0 aliphatic heterocycles. The number of anilines is 1. The van der Waals surface area contributed by atoms with E-state index in [1.54, 1.807) is 6.92 Å². The molecular formula is C28H29N5O13S4. The highest BCUT2D eigenvalue weighted by atomic mass is 32.3. The summed E-state index contributed by atoms with van der Waals surface area (Å²) in [5.41, 5.74) is 5.79. The van der Waals surface area contributed by atoms with Gasteiger partial charge in [-0.15, -0.1) is 10.2 Å². The van der Waals surface area contributed by atoms with Crippen LogP contribution in [0.5, 0.6) is 5.75 Å². The van der Waals surface area contributed by atoms with E-state index in [0.717, 1.165) is 18.2 Å². The van der Waals surface area contributed by atoms with Crippen LogP contribution in [0.4, 0.5) is 28.4 Å². The topological polar surface area (TPSA) is 291 Å². The summed E-state index contributed by atoms with van der Waals surface area (Å²) >= 11 is 0. The summed E-state index contributed by atoms with van der Waals surface area (Å²) in [6.45, 7) is 0.721. The Labute approximate surface area is 286 Å². The van der Waals surface area contributed by atoms with Gasteiger partial charge in [0.05, 0.1) is 57.0 Å². The lowest BCUT2D eigenvalue weighted by molar-refractivity contribution is 0.217. The normalized spacial score (nSPS) is 13.1. The van der Waals surface area contributed by atoms with E-state index in [-0.39, 0.29) is 50.0 Å². The van der Waals surface area contributed by atoms with E-state index in [1.165, 1.54) is 49.6 Å². The summed E-state index contributed by atoms with van der Waals surface area (Å²) in [6.07, 6.45) is 0. The lowest BCUT2D eigenvalue weighted by Gasteiger charge is -2.13. The Balaban J connectivity index is 1.70. The smallest absolute Gasteiger partial charge is 0.397 e. The molecule has 0 fully saturated rings. The maximum absolute atomic E-state index is 12.4. The molecule has 18 nitrogen and oxygen atoms in total. The van der Waals surface area contributed by atoms with E-state index in [4.69, 9.17) is 15.0 Å². The standard InChI is InChI=1S/C28H29N5O13S4/c1-17-15-18-16-23(49(39,40)41)27(33-31-20-5-9-22(10-6-20)48(37,38)14-12-46-50(42,43)44)25(29)24(18)28(34)26(17)32-30-19-3-7-21(8-4-19)47(35,36)13-11-45-2/h3-10,15-16,34H,11-14,29H2,1-2H3,(H,39,40,41)(H,42,43,44)/b32-30+,33-31+. The van der Waals surface area contributed by atoms with Crippen molar-refractivity contribution >= 4 is 79.4 Å². The molecule has 0 aliphatic rings. The summed E-state index contributed by atoms with van der Waals surface area (Å²) in [5.74, 6) is -1.52. The Hall–Kier alpha value is -4.42. The Morgan fingerprint density at radius 1 is 0.700 bits per heavy atom. The van der Waals surface area contributed by atoms with Crippen molar-refractivity contribution in [3.8, 4) is 5.75 Å². The highest BCUT2D eigenvalue weighted by Crippen LogP contribution is 2.47. The third-order valence-electron chi connectivity index (χ3n) is 6.88. The molecule has 4 aromatic rings. The van der Waals surface area contributed by atoms with Gasteiger partial charge in [-0.1, -0.05) is 0 Å². The third-order valence-corrected chi connectivity index (χ3v) is 11.6. The summed E-state index contributed by atoms with van der Waals surface area (Å²) in [5, 5.41) is 27.1. The molecule has 0 amide bonds. The second kappa shape index (κ2) is 14.8. The molecule has 0 atom stereocenters. The highest BCUT2D eigenvalue weighted by Gasteiger charge is 2.24. The first kappa shape index (κ1) is 38.4. The van der Waals surface area contributed by atoms with Gasteiger partial charge in [0.25, 0.3) is 10.1 Å². The Morgan fingerprint density at radius 2 is 1.18 bits per heavy atom. The maximum Gasteiger partial charge on any atom is 0.397 e. The zero-order valence-electron chi connectivity index (χ0n) is 26.0. The molecule has 0 aliphatic carbocycles. The summed E-state index contributed by atoms with van der Waals surface area (Å²) in [6, 6.07) is 12.5. The number of methoxy groups -OCH3 is 1. The fraction of sp³-hybridized carbons (Fsp3) is 0.214. The van der Waals surface area contributed by atoms with Crippen LogP contribution in [0.1, 0.15) is 5.56 Å². The van der Waals surface area contributed by atoms with Crippen molar-refractivity contribution in [3.05, 3.63) is 66.2 Å². The van der Waals surface area contributed by atoms with Crippen molar-refractivity contribution in [1.29, 1.82) is 0 Å². The SMILES string of the molecule is COCCS(=O)(=O)c1ccc(/N=N/c2c(C)cc3cc(S(=O)(=O)O)c(/N=N/c4ccc(S(=O)(=O)CCOS(=O)(=O)O)cc4)c(N)c3c2O)cc1. The number of azo groups is 2. The number of hydrogen-bond donors (Lipinski definition) is 4. The van der Waals surface area contributed by atoms with Crippen LogP contribution in [0.15, 0.2) is 95.8 Å². The van der Waals surface area contributed by atoms with E-state index < -0.39 is 74.6 Å². The van der Waals surface area contributed by atoms with E-state index in [0.29, 0.717) is 5.56 Å². The number of fused-ring (bicyclic) bond motifs is 1. The molecule has 0 saturated carbocycles. The molecule has 0 aromatic heterocycles. The van der Waals surface area contributed by atoms with E-state index in [1.807, 2.05) is 0 Å². The van der Waals surface area contributed by atoms with Gasteiger partial charge in [0.2, 0.25) is 0 Å². The van der Waals surface area contributed by atoms with Gasteiger partial charge in [0.15, 0.2) is 25.4 Å². The lowest BCUT2D eigenvalue weighted by atomic mass is 10.0. The average molecular weight is 772 g/mol. The predicted octanol–water partition coefficient (Wildman–Crippen LogP) is 4.53. The number of nitrogens with two attached hydrogens (primary N) is 1. The fourth-order valence-electron chi connectivity index (χ4n) is 4.43. The van der Waals surface area contributed by atoms with Crippen molar-refractivity contribution in [2.24, 2.45) is 20.5 Å². The molecular weight excluding hydrogens is 743 g/mol. The van der Waals surface area contributed by atoms with Gasteiger partial charge in [0, 0.05) is 7.11 Å². The number of sulfone groups is 2. The lowest BCUT2D eigenvalue weighted by Crippen LogP contribution is -2.15. The molecule has 4 aromatic carbocycles. The van der Waals surface area contributed by atoms with Crippen molar-refractivity contribution < 1.29 is 56.8 Å². The second-order valence-corrected chi connectivity index (χ2v) is 17.1. The van der Waals surface area contributed by atoms with Crippen LogP contribution < -0.4 is 5.73 Å². The minimum absolute atomic E-state index is 0.000877. The minimum atomic E-state index is -4.96. The van der Waals surface area contributed by atoms with Crippen molar-refractivity contribution in [2.75, 3.05) is 37.6 Å². The Bertz CT molecular complexity index is 2430. The van der Waals surface area contributed by atoms with Gasteiger partial charge in [-0.05, 0) is 78.5 Å². The van der Waals surface area contributed by atoms with Crippen LogP contribution in [-0.2, 0) is 49.1 Å². The third kappa shape index (κ3) is 9.22. The molecule has 0 spiro atoms. The fourth-order valence-corrected chi connectivity index (χ4v) is 7.77. The number of phenolic OH excluding ortho intramolecular Hbond substituents is 1. The van der Waals surface area contributed by atoms with Crippen LogP contribution in [-0.4, -0.2) is 79.7 Å². The van der Waals surface area contributed by atoms with Gasteiger partial charge in [0.1, 0.15) is 16.3 Å². The number of aromatic hydroxyl groups is 1. The Morgan fingerprint density at radius 3 is 1.64 bits per heavy atom. The van der Waals surface area contributed by atoms with Crippen LogP contribution in [0.25, 0.3) is 10.8 Å². The first-order chi connectivity index (χ1) is 23.2. The van der Waals surface area contributed by atoms with Crippen molar-refractivity contribution in [2.45, 2.75) is 21.6 Å². The molecule has 4 rings (SSSR count). The molecule has 22 heteroatoms. The first-order valence-corrected chi connectivity index (χ1v) is 20.0. The van der Waals surface area contributed by atoms with Crippen molar-refractivity contribution in [3.63, 3.8) is 0 Å². The predicted molar refractivity (Wildman–Crippen MR) is 179 cm³/mol. The number of benzene rings is 4. The zero-order valence-corrected chi connectivity index (χ0v) is 29.3. The van der Waals surface area contributed by atoms with Crippen LogP contribution >= 0.6 is 0 Å². The number of hydrogen-bond acceptors (Lipinski definition) is 16. The average Bonchev–Trinajstić information content (AvgIpc) is 3.02. The summed E-state index contributed by atoms with van der Waals surface area (Å²) < 4.78 is 123. The first-order valence-electron chi connectivity index (χ1n) is 13.9. The van der Waals surface area contributed by atoms with Gasteiger partial charge in [-0.2, -0.15) is 27.1 Å². The number of nitrogens with zero attached hydrogens (tertiary/aromatic N) is 4. The minimum Gasteiger partial charge on any atom is -0.505 e. The molecule has 268 valence electrons.